The zero-order valence-corrected chi connectivity index (χ0v) is 15.2. The highest BCUT2D eigenvalue weighted by Crippen LogP contribution is 2.18. The summed E-state index contributed by atoms with van der Waals surface area (Å²) in [5, 5.41) is 2.87. The van der Waals surface area contributed by atoms with Gasteiger partial charge >= 0.3 is 0 Å². The lowest BCUT2D eigenvalue weighted by Gasteiger charge is -2.10. The van der Waals surface area contributed by atoms with Crippen LogP contribution < -0.4 is 5.32 Å². The van der Waals surface area contributed by atoms with Crippen LogP contribution in [0.4, 0.5) is 10.1 Å². The van der Waals surface area contributed by atoms with E-state index in [0.29, 0.717) is 23.4 Å². The number of amides is 1. The topological polar surface area (TPSA) is 53.8 Å². The van der Waals surface area contributed by atoms with E-state index in [-0.39, 0.29) is 11.7 Å². The number of carbonyl (C=O) groups is 1. The first-order valence-electron chi connectivity index (χ1n) is 8.21. The molecule has 5 heteroatoms. The predicted octanol–water partition coefficient (Wildman–Crippen LogP) is 4.69. The molecule has 0 aliphatic carbocycles. The monoisotopic (exact) mass is 351 g/mol. The molecule has 0 bridgehead atoms. The van der Waals surface area contributed by atoms with Crippen molar-refractivity contribution in [1.29, 1.82) is 0 Å². The number of aliphatic imine (C=N–C) groups is 2. The average Bonchev–Trinajstić information content (AvgIpc) is 2.62. The van der Waals surface area contributed by atoms with Crippen molar-refractivity contribution >= 4 is 24.0 Å². The molecule has 0 saturated heterocycles. The summed E-state index contributed by atoms with van der Waals surface area (Å²) >= 11 is 0. The fourth-order valence-corrected chi connectivity index (χ4v) is 2.33. The van der Waals surface area contributed by atoms with Crippen LogP contribution in [0.15, 0.2) is 64.2 Å². The van der Waals surface area contributed by atoms with E-state index in [0.717, 1.165) is 16.8 Å². The molecular formula is C21H22FN3O. The van der Waals surface area contributed by atoms with Crippen molar-refractivity contribution in [1.82, 2.24) is 0 Å². The normalized spacial score (nSPS) is 12.0. The molecule has 2 aromatic rings. The van der Waals surface area contributed by atoms with Gasteiger partial charge in [0.15, 0.2) is 0 Å². The molecule has 0 atom stereocenters. The summed E-state index contributed by atoms with van der Waals surface area (Å²) in [6, 6.07) is 12.2. The molecular weight excluding hydrogens is 329 g/mol. The van der Waals surface area contributed by atoms with Crippen LogP contribution >= 0.6 is 0 Å². The summed E-state index contributed by atoms with van der Waals surface area (Å²) in [4.78, 5) is 20.5. The molecule has 2 rings (SSSR count). The Bertz CT molecular complexity index is 885. The Balaban J connectivity index is 2.15. The minimum absolute atomic E-state index is 0.262. The van der Waals surface area contributed by atoms with Crippen LogP contribution in [0.2, 0.25) is 0 Å². The highest BCUT2D eigenvalue weighted by atomic mass is 19.1. The van der Waals surface area contributed by atoms with Crippen molar-refractivity contribution in [2.75, 3.05) is 5.32 Å². The quantitative estimate of drug-likeness (QED) is 0.596. The first-order chi connectivity index (χ1) is 12.4. The summed E-state index contributed by atoms with van der Waals surface area (Å²) < 4.78 is 13.8. The lowest BCUT2D eigenvalue weighted by Crippen LogP contribution is -2.13. The third-order valence-electron chi connectivity index (χ3n) is 3.92. The Morgan fingerprint density at radius 2 is 1.96 bits per heavy atom. The van der Waals surface area contributed by atoms with Crippen LogP contribution in [0.25, 0.3) is 0 Å². The predicted molar refractivity (Wildman–Crippen MR) is 105 cm³/mol. The van der Waals surface area contributed by atoms with Gasteiger partial charge in [0, 0.05) is 28.7 Å². The van der Waals surface area contributed by atoms with E-state index in [1.165, 1.54) is 12.3 Å². The van der Waals surface area contributed by atoms with Crippen molar-refractivity contribution < 1.29 is 9.18 Å². The van der Waals surface area contributed by atoms with Gasteiger partial charge in [-0.05, 0) is 50.7 Å². The van der Waals surface area contributed by atoms with Crippen LogP contribution in [0, 0.1) is 12.7 Å². The molecule has 4 nitrogen and oxygen atoms in total. The third kappa shape index (κ3) is 4.96. The standard InChI is InChI=1S/C21H22FN3O/c1-14-9-10-17(13-23-4)11-20(14)25-21(26)15(2)12-24-16(3)18-7-5-6-8-19(18)22/h5-12H,4,13H2,1-3H3,(H,25,26)/b15-12+,24-16?. The van der Waals surface area contributed by atoms with E-state index >= 15 is 0 Å². The van der Waals surface area contributed by atoms with Gasteiger partial charge in [0.2, 0.25) is 0 Å². The zero-order valence-electron chi connectivity index (χ0n) is 15.2. The molecule has 0 unspecified atom stereocenters. The van der Waals surface area contributed by atoms with Crippen molar-refractivity contribution in [3.8, 4) is 0 Å². The Morgan fingerprint density at radius 3 is 2.65 bits per heavy atom. The number of aryl methyl sites for hydroxylation is 1. The number of nitrogens with zero attached hydrogens (tertiary/aromatic N) is 2. The van der Waals surface area contributed by atoms with Gasteiger partial charge < -0.3 is 5.32 Å². The molecule has 0 aliphatic heterocycles. The summed E-state index contributed by atoms with van der Waals surface area (Å²) in [5.41, 5.74) is 3.98. The van der Waals surface area contributed by atoms with Crippen LogP contribution in [0.3, 0.4) is 0 Å². The maximum atomic E-state index is 13.8. The third-order valence-corrected chi connectivity index (χ3v) is 3.92. The summed E-state index contributed by atoms with van der Waals surface area (Å²) in [5.74, 6) is -0.602. The second kappa shape index (κ2) is 8.85. The van der Waals surface area contributed by atoms with E-state index in [1.807, 2.05) is 25.1 Å². The van der Waals surface area contributed by atoms with Crippen molar-refractivity contribution in [2.24, 2.45) is 9.98 Å². The molecule has 0 spiro atoms. The second-order valence-corrected chi connectivity index (χ2v) is 5.99. The molecule has 26 heavy (non-hydrogen) atoms. The van der Waals surface area contributed by atoms with Gasteiger partial charge in [-0.2, -0.15) is 0 Å². The molecule has 0 aromatic heterocycles. The Morgan fingerprint density at radius 1 is 1.23 bits per heavy atom. The molecule has 0 fully saturated rings. The minimum Gasteiger partial charge on any atom is -0.322 e. The van der Waals surface area contributed by atoms with E-state index in [9.17, 15) is 9.18 Å². The number of carbonyl (C=O) groups excluding carboxylic acids is 1. The maximum absolute atomic E-state index is 13.8. The van der Waals surface area contributed by atoms with Crippen LogP contribution in [-0.2, 0) is 11.3 Å². The van der Waals surface area contributed by atoms with E-state index < -0.39 is 0 Å². The Kier molecular flexibility index (Phi) is 6.55. The smallest absolute Gasteiger partial charge is 0.252 e. The summed E-state index contributed by atoms with van der Waals surface area (Å²) in [6.07, 6.45) is 1.45. The number of halogens is 1. The van der Waals surface area contributed by atoms with Crippen LogP contribution in [0.5, 0.6) is 0 Å². The average molecular weight is 351 g/mol. The maximum Gasteiger partial charge on any atom is 0.252 e. The van der Waals surface area contributed by atoms with Gasteiger partial charge in [0.05, 0.1) is 6.54 Å². The number of anilines is 1. The highest BCUT2D eigenvalue weighted by Gasteiger charge is 2.08. The minimum atomic E-state index is -0.340. The number of rotatable bonds is 6. The Hall–Kier alpha value is -3.08. The lowest BCUT2D eigenvalue weighted by molar-refractivity contribution is -0.112. The summed E-state index contributed by atoms with van der Waals surface area (Å²) in [7, 11) is 0. The van der Waals surface area contributed by atoms with Crippen molar-refractivity contribution in [3.05, 3.63) is 76.7 Å². The first kappa shape index (κ1) is 19.2. The van der Waals surface area contributed by atoms with E-state index in [4.69, 9.17) is 0 Å². The number of hydrogen-bond donors (Lipinski definition) is 1. The summed E-state index contributed by atoms with van der Waals surface area (Å²) in [6.45, 7) is 9.26. The molecule has 0 saturated carbocycles. The fraction of sp³-hybridized carbons (Fsp3) is 0.190. The number of nitrogens with one attached hydrogen (secondary N) is 1. The van der Waals surface area contributed by atoms with E-state index in [1.54, 1.807) is 32.0 Å². The van der Waals surface area contributed by atoms with Gasteiger partial charge in [0.25, 0.3) is 5.91 Å². The van der Waals surface area contributed by atoms with Gasteiger partial charge in [0.1, 0.15) is 5.82 Å². The van der Waals surface area contributed by atoms with Gasteiger partial charge in [-0.1, -0.05) is 30.3 Å². The van der Waals surface area contributed by atoms with Gasteiger partial charge in [-0.25, -0.2) is 4.39 Å². The number of benzene rings is 2. The fourth-order valence-electron chi connectivity index (χ4n) is 2.33. The molecule has 1 N–H and O–H groups in total. The molecule has 1 amide bonds. The van der Waals surface area contributed by atoms with Crippen LogP contribution in [-0.4, -0.2) is 18.3 Å². The van der Waals surface area contributed by atoms with Crippen molar-refractivity contribution in [3.63, 3.8) is 0 Å². The molecule has 0 aliphatic rings. The van der Waals surface area contributed by atoms with Gasteiger partial charge in [-0.3, -0.25) is 14.8 Å². The zero-order chi connectivity index (χ0) is 19.1. The van der Waals surface area contributed by atoms with Crippen LogP contribution in [0.1, 0.15) is 30.5 Å². The molecule has 2 aromatic carbocycles. The Labute approximate surface area is 153 Å². The second-order valence-electron chi connectivity index (χ2n) is 5.99. The largest absolute Gasteiger partial charge is 0.322 e. The lowest BCUT2D eigenvalue weighted by atomic mass is 10.1. The SMILES string of the molecule is C=NCc1ccc(C)c(NC(=O)/C(C)=C/N=C(C)c2ccccc2F)c1. The number of hydrogen-bond acceptors (Lipinski definition) is 3. The molecule has 0 heterocycles. The highest BCUT2D eigenvalue weighted by molar-refractivity contribution is 6.04. The first-order valence-corrected chi connectivity index (χ1v) is 8.21. The molecule has 0 radical (unpaired) electrons. The molecule has 134 valence electrons. The van der Waals surface area contributed by atoms with Gasteiger partial charge in [-0.15, -0.1) is 0 Å². The van der Waals surface area contributed by atoms with Crippen molar-refractivity contribution in [2.45, 2.75) is 27.3 Å². The van der Waals surface area contributed by atoms with E-state index in [2.05, 4.69) is 22.0 Å².